The number of benzene rings is 2. The Balaban J connectivity index is 1.74. The van der Waals surface area contributed by atoms with Crippen molar-refractivity contribution in [1.29, 1.82) is 0 Å². The van der Waals surface area contributed by atoms with Gasteiger partial charge in [-0.25, -0.2) is 0 Å². The maximum atomic E-state index is 12.5. The molecular formula is C27H38N2O3S. The zero-order chi connectivity index (χ0) is 23.7. The fourth-order valence-corrected chi connectivity index (χ4v) is 3.53. The van der Waals surface area contributed by atoms with Crippen LogP contribution in [0, 0.1) is 0 Å². The number of thiocarbonyl (C=S) groups is 1. The second-order valence-corrected chi connectivity index (χ2v) is 8.54. The highest BCUT2D eigenvalue weighted by molar-refractivity contribution is 7.80. The van der Waals surface area contributed by atoms with Crippen molar-refractivity contribution in [2.75, 3.05) is 18.5 Å². The van der Waals surface area contributed by atoms with Gasteiger partial charge in [-0.2, -0.15) is 0 Å². The third-order valence-corrected chi connectivity index (χ3v) is 5.42. The van der Waals surface area contributed by atoms with Gasteiger partial charge in [0.15, 0.2) is 5.11 Å². The van der Waals surface area contributed by atoms with Crippen LogP contribution in [0.15, 0.2) is 48.5 Å². The third kappa shape index (κ3) is 11.2. The Kier molecular flexibility index (Phi) is 13.0. The Hall–Kier alpha value is -2.60. The van der Waals surface area contributed by atoms with Crippen LogP contribution in [0.25, 0.3) is 0 Å². The zero-order valence-corrected chi connectivity index (χ0v) is 20.8. The maximum absolute atomic E-state index is 12.5. The minimum atomic E-state index is -0.262. The molecule has 0 bridgehead atoms. The monoisotopic (exact) mass is 470 g/mol. The molecule has 0 aliphatic heterocycles. The van der Waals surface area contributed by atoms with E-state index in [0.29, 0.717) is 18.8 Å². The number of rotatable bonds is 15. The third-order valence-electron chi connectivity index (χ3n) is 5.22. The van der Waals surface area contributed by atoms with Gasteiger partial charge in [-0.05, 0) is 61.5 Å². The van der Waals surface area contributed by atoms with Gasteiger partial charge in [0.05, 0.1) is 13.2 Å². The van der Waals surface area contributed by atoms with E-state index in [-0.39, 0.29) is 11.0 Å². The molecule has 0 atom stereocenters. The van der Waals surface area contributed by atoms with E-state index in [0.717, 1.165) is 30.0 Å². The fraction of sp³-hybridized carbons (Fsp3) is 0.481. The number of hydrogen-bond donors (Lipinski definition) is 2. The molecule has 2 aromatic carbocycles. The first-order chi connectivity index (χ1) is 16.1. The minimum absolute atomic E-state index is 0.243. The highest BCUT2D eigenvalue weighted by Crippen LogP contribution is 2.18. The molecule has 0 unspecified atom stereocenters. The first-order valence-electron chi connectivity index (χ1n) is 12.2. The molecule has 0 heterocycles. The van der Waals surface area contributed by atoms with Crippen molar-refractivity contribution in [3.63, 3.8) is 0 Å². The molecule has 0 aromatic heterocycles. The lowest BCUT2D eigenvalue weighted by Crippen LogP contribution is -2.34. The number of ether oxygens (including phenoxy) is 2. The lowest BCUT2D eigenvalue weighted by atomic mass is 10.2. The van der Waals surface area contributed by atoms with Gasteiger partial charge in [0.25, 0.3) is 5.91 Å². The maximum Gasteiger partial charge on any atom is 0.257 e. The molecule has 2 rings (SSSR count). The summed E-state index contributed by atoms with van der Waals surface area (Å²) in [5.41, 5.74) is 1.30. The van der Waals surface area contributed by atoms with E-state index in [4.69, 9.17) is 21.7 Å². The molecule has 0 saturated carbocycles. The number of carbonyl (C=O) groups excluding carboxylic acids is 1. The molecule has 33 heavy (non-hydrogen) atoms. The quantitative estimate of drug-likeness (QED) is 0.214. The summed E-state index contributed by atoms with van der Waals surface area (Å²) in [6.45, 7) is 5.80. The first-order valence-corrected chi connectivity index (χ1v) is 12.6. The van der Waals surface area contributed by atoms with Gasteiger partial charge in [0.2, 0.25) is 0 Å². The highest BCUT2D eigenvalue weighted by Gasteiger charge is 2.09. The second-order valence-electron chi connectivity index (χ2n) is 8.13. The van der Waals surface area contributed by atoms with Crippen LogP contribution >= 0.6 is 12.2 Å². The van der Waals surface area contributed by atoms with Gasteiger partial charge >= 0.3 is 0 Å². The largest absolute Gasteiger partial charge is 0.494 e. The van der Waals surface area contributed by atoms with Crippen LogP contribution in [0.2, 0.25) is 0 Å². The second kappa shape index (κ2) is 16.1. The van der Waals surface area contributed by atoms with Crippen molar-refractivity contribution < 1.29 is 14.3 Å². The summed E-state index contributed by atoms with van der Waals surface area (Å²) >= 11 is 5.31. The topological polar surface area (TPSA) is 59.6 Å². The van der Waals surface area contributed by atoms with Gasteiger partial charge in [0.1, 0.15) is 11.5 Å². The summed E-state index contributed by atoms with van der Waals surface area (Å²) in [7, 11) is 0. The van der Waals surface area contributed by atoms with Crippen molar-refractivity contribution in [2.45, 2.75) is 71.6 Å². The van der Waals surface area contributed by atoms with Crippen LogP contribution in [-0.4, -0.2) is 24.2 Å². The lowest BCUT2D eigenvalue weighted by molar-refractivity contribution is 0.0977. The summed E-state index contributed by atoms with van der Waals surface area (Å²) in [6, 6.07) is 14.7. The van der Waals surface area contributed by atoms with E-state index in [1.54, 1.807) is 12.1 Å². The molecule has 0 radical (unpaired) electrons. The molecule has 0 spiro atoms. The molecule has 0 aliphatic rings. The number of nitrogens with one attached hydrogen (secondary N) is 2. The van der Waals surface area contributed by atoms with Crippen LogP contribution in [0.1, 0.15) is 82.0 Å². The lowest BCUT2D eigenvalue weighted by Gasteiger charge is -2.12. The van der Waals surface area contributed by atoms with E-state index >= 15 is 0 Å². The summed E-state index contributed by atoms with van der Waals surface area (Å²) < 4.78 is 11.6. The predicted octanol–water partition coefficient (Wildman–Crippen LogP) is 7.12. The fourth-order valence-electron chi connectivity index (χ4n) is 3.32. The van der Waals surface area contributed by atoms with Gasteiger partial charge in [0, 0.05) is 17.3 Å². The Morgan fingerprint density at radius 1 is 0.788 bits per heavy atom. The Morgan fingerprint density at radius 2 is 1.39 bits per heavy atom. The van der Waals surface area contributed by atoms with E-state index in [2.05, 4.69) is 24.5 Å². The van der Waals surface area contributed by atoms with Gasteiger partial charge in [-0.3, -0.25) is 10.1 Å². The van der Waals surface area contributed by atoms with E-state index in [9.17, 15) is 4.79 Å². The van der Waals surface area contributed by atoms with E-state index in [1.165, 1.54) is 44.9 Å². The summed E-state index contributed by atoms with van der Waals surface area (Å²) in [6.07, 6.45) is 10.7. The van der Waals surface area contributed by atoms with Crippen molar-refractivity contribution in [3.05, 3.63) is 54.1 Å². The number of amides is 1. The molecule has 0 saturated heterocycles. The number of carbonyl (C=O) groups is 1. The molecule has 180 valence electrons. The van der Waals surface area contributed by atoms with Gasteiger partial charge in [-0.15, -0.1) is 0 Å². The number of anilines is 1. The van der Waals surface area contributed by atoms with Crippen molar-refractivity contribution in [2.24, 2.45) is 0 Å². The van der Waals surface area contributed by atoms with Crippen LogP contribution < -0.4 is 20.1 Å². The highest BCUT2D eigenvalue weighted by atomic mass is 32.1. The van der Waals surface area contributed by atoms with Gasteiger partial charge in [-0.1, -0.05) is 64.9 Å². The van der Waals surface area contributed by atoms with E-state index in [1.807, 2.05) is 36.4 Å². The summed E-state index contributed by atoms with van der Waals surface area (Å²) in [4.78, 5) is 12.5. The minimum Gasteiger partial charge on any atom is -0.494 e. The average Bonchev–Trinajstić information content (AvgIpc) is 2.81. The molecule has 5 nitrogen and oxygen atoms in total. The Bertz CT molecular complexity index is 840. The van der Waals surface area contributed by atoms with Crippen LogP contribution in [-0.2, 0) is 0 Å². The van der Waals surface area contributed by atoms with Crippen molar-refractivity contribution >= 4 is 28.9 Å². The van der Waals surface area contributed by atoms with Crippen LogP contribution in [0.5, 0.6) is 11.5 Å². The summed E-state index contributed by atoms with van der Waals surface area (Å²) in [5.74, 6) is 1.29. The van der Waals surface area contributed by atoms with Crippen molar-refractivity contribution in [3.8, 4) is 11.5 Å². The summed E-state index contributed by atoms with van der Waals surface area (Å²) in [5, 5.41) is 6.01. The number of hydrogen-bond acceptors (Lipinski definition) is 4. The molecule has 0 fully saturated rings. The zero-order valence-electron chi connectivity index (χ0n) is 20.0. The predicted molar refractivity (Wildman–Crippen MR) is 140 cm³/mol. The molecule has 2 N–H and O–H groups in total. The molecule has 1 amide bonds. The Labute approximate surface area is 204 Å². The first kappa shape index (κ1) is 26.7. The molecule has 2 aromatic rings. The standard InChI is InChI=1S/C27H38N2O3S/c1-3-5-7-9-11-19-31-24-17-15-22(16-18-24)26(30)29-27(33)28-23-13-12-14-25(21-23)32-20-10-8-6-4-2/h12-18,21H,3-11,19-20H2,1-2H3,(H2,28,29,30,33). The van der Waals surface area contributed by atoms with E-state index < -0.39 is 0 Å². The molecule has 6 heteroatoms. The average molecular weight is 471 g/mol. The van der Waals surface area contributed by atoms with Gasteiger partial charge < -0.3 is 14.8 Å². The van der Waals surface area contributed by atoms with Crippen molar-refractivity contribution in [1.82, 2.24) is 5.32 Å². The number of unbranched alkanes of at least 4 members (excludes halogenated alkanes) is 7. The molecular weight excluding hydrogens is 432 g/mol. The Morgan fingerprint density at radius 3 is 2.06 bits per heavy atom. The smallest absolute Gasteiger partial charge is 0.257 e. The molecule has 0 aliphatic carbocycles. The SMILES string of the molecule is CCCCCCCOc1ccc(C(=O)NC(=S)Nc2cccc(OCCCCCC)c2)cc1. The van der Waals surface area contributed by atoms with Crippen LogP contribution in [0.4, 0.5) is 5.69 Å². The van der Waals surface area contributed by atoms with Crippen LogP contribution in [0.3, 0.4) is 0 Å². The normalized spacial score (nSPS) is 10.5.